The van der Waals surface area contributed by atoms with Crippen molar-refractivity contribution in [1.29, 1.82) is 0 Å². The van der Waals surface area contributed by atoms with Gasteiger partial charge in [-0.05, 0) is 42.0 Å². The molecule has 0 heterocycles. The van der Waals surface area contributed by atoms with Crippen LogP contribution in [-0.4, -0.2) is 41.0 Å². The summed E-state index contributed by atoms with van der Waals surface area (Å²) in [4.78, 5) is 12.5. The van der Waals surface area contributed by atoms with Gasteiger partial charge in [-0.3, -0.25) is 9.10 Å². The quantitative estimate of drug-likeness (QED) is 0.384. The summed E-state index contributed by atoms with van der Waals surface area (Å²) in [7, 11) is -0.462. The monoisotopic (exact) mass is 467 g/mol. The largest absolute Gasteiger partial charge is 0.493 e. The zero-order valence-electron chi connectivity index (χ0n) is 18.6. The number of para-hydroxylation sites is 1. The number of carbonyl (C=O) groups is 1. The second-order valence-corrected chi connectivity index (χ2v) is 8.99. The maximum absolute atomic E-state index is 12.5. The lowest BCUT2D eigenvalue weighted by Crippen LogP contribution is -2.29. The van der Waals surface area contributed by atoms with Crippen molar-refractivity contribution in [1.82, 2.24) is 5.43 Å². The molecule has 1 N–H and O–H groups in total. The average Bonchev–Trinajstić information content (AvgIpc) is 2.82. The van der Waals surface area contributed by atoms with Gasteiger partial charge in [0.1, 0.15) is 0 Å². The van der Waals surface area contributed by atoms with Crippen LogP contribution in [0.1, 0.15) is 21.5 Å². The topological polar surface area (TPSA) is 97.3 Å². The Balaban J connectivity index is 1.72. The van der Waals surface area contributed by atoms with E-state index in [0.29, 0.717) is 28.3 Å². The molecule has 0 atom stereocenters. The van der Waals surface area contributed by atoms with E-state index in [0.717, 1.165) is 11.8 Å². The molecule has 0 aliphatic heterocycles. The van der Waals surface area contributed by atoms with E-state index in [-0.39, 0.29) is 6.54 Å². The van der Waals surface area contributed by atoms with Crippen LogP contribution >= 0.6 is 0 Å². The number of ether oxygens (including phenoxy) is 2. The van der Waals surface area contributed by atoms with Crippen molar-refractivity contribution in [2.45, 2.75) is 6.54 Å². The molecule has 0 spiro atoms. The Morgan fingerprint density at radius 2 is 1.67 bits per heavy atom. The van der Waals surface area contributed by atoms with Crippen molar-refractivity contribution in [2.24, 2.45) is 5.10 Å². The molecule has 0 aliphatic rings. The van der Waals surface area contributed by atoms with Gasteiger partial charge < -0.3 is 9.47 Å². The van der Waals surface area contributed by atoms with Gasteiger partial charge in [0.15, 0.2) is 11.5 Å². The lowest BCUT2D eigenvalue weighted by Gasteiger charge is -2.22. The third kappa shape index (κ3) is 6.11. The van der Waals surface area contributed by atoms with Gasteiger partial charge in [-0.2, -0.15) is 5.10 Å². The van der Waals surface area contributed by atoms with Gasteiger partial charge in [-0.25, -0.2) is 13.8 Å². The first kappa shape index (κ1) is 23.8. The Kier molecular flexibility index (Phi) is 7.68. The van der Waals surface area contributed by atoms with Gasteiger partial charge in [-0.15, -0.1) is 0 Å². The first-order valence-corrected chi connectivity index (χ1v) is 11.8. The van der Waals surface area contributed by atoms with Crippen LogP contribution in [0.5, 0.6) is 11.5 Å². The van der Waals surface area contributed by atoms with E-state index in [1.165, 1.54) is 24.7 Å². The number of sulfonamides is 1. The summed E-state index contributed by atoms with van der Waals surface area (Å²) < 4.78 is 36.5. The van der Waals surface area contributed by atoms with Gasteiger partial charge in [0.2, 0.25) is 10.0 Å². The maximum Gasteiger partial charge on any atom is 0.271 e. The number of anilines is 1. The summed E-state index contributed by atoms with van der Waals surface area (Å²) in [5.41, 5.74) is 4.74. The minimum absolute atomic E-state index is 0.192. The molecule has 0 unspecified atom stereocenters. The lowest BCUT2D eigenvalue weighted by molar-refractivity contribution is 0.0955. The molecule has 33 heavy (non-hydrogen) atoms. The zero-order valence-corrected chi connectivity index (χ0v) is 19.4. The Labute approximate surface area is 193 Å². The van der Waals surface area contributed by atoms with E-state index >= 15 is 0 Å². The van der Waals surface area contributed by atoms with E-state index in [9.17, 15) is 13.2 Å². The van der Waals surface area contributed by atoms with Crippen LogP contribution in [0, 0.1) is 0 Å². The van der Waals surface area contributed by atoms with Crippen LogP contribution < -0.4 is 19.2 Å². The summed E-state index contributed by atoms with van der Waals surface area (Å²) in [6.07, 6.45) is 2.61. The summed E-state index contributed by atoms with van der Waals surface area (Å²) >= 11 is 0. The number of nitrogens with one attached hydrogen (secondary N) is 1. The van der Waals surface area contributed by atoms with Gasteiger partial charge >= 0.3 is 0 Å². The third-order valence-electron chi connectivity index (χ3n) is 4.79. The van der Waals surface area contributed by atoms with Crippen LogP contribution in [0.4, 0.5) is 5.69 Å². The number of amides is 1. The van der Waals surface area contributed by atoms with Crippen LogP contribution in [0.2, 0.25) is 0 Å². The molecule has 172 valence electrons. The second kappa shape index (κ2) is 10.6. The van der Waals surface area contributed by atoms with E-state index in [2.05, 4.69) is 10.5 Å². The smallest absolute Gasteiger partial charge is 0.271 e. The van der Waals surface area contributed by atoms with Crippen LogP contribution in [0.25, 0.3) is 0 Å². The van der Waals surface area contributed by atoms with Gasteiger partial charge in [-0.1, -0.05) is 36.4 Å². The predicted octanol–water partition coefficient (Wildman–Crippen LogP) is 3.43. The van der Waals surface area contributed by atoms with Gasteiger partial charge in [0.05, 0.1) is 38.9 Å². The Bertz CT molecular complexity index is 1230. The third-order valence-corrected chi connectivity index (χ3v) is 5.93. The number of methoxy groups -OCH3 is 2. The minimum Gasteiger partial charge on any atom is -0.493 e. The Morgan fingerprint density at radius 3 is 2.27 bits per heavy atom. The van der Waals surface area contributed by atoms with E-state index < -0.39 is 15.9 Å². The maximum atomic E-state index is 12.5. The molecule has 0 saturated heterocycles. The molecule has 0 fully saturated rings. The van der Waals surface area contributed by atoms with Gasteiger partial charge in [0.25, 0.3) is 5.91 Å². The number of hydrazone groups is 1. The van der Waals surface area contributed by atoms with Crippen LogP contribution in [0.3, 0.4) is 0 Å². The highest BCUT2D eigenvalue weighted by Gasteiger charge is 2.18. The minimum atomic E-state index is -3.52. The van der Waals surface area contributed by atoms with Gasteiger partial charge in [0, 0.05) is 11.1 Å². The number of hydrogen-bond donors (Lipinski definition) is 1. The predicted molar refractivity (Wildman–Crippen MR) is 129 cm³/mol. The molecule has 1 amide bonds. The second-order valence-electron chi connectivity index (χ2n) is 7.08. The Morgan fingerprint density at radius 1 is 0.970 bits per heavy atom. The first-order valence-electron chi connectivity index (χ1n) is 9.99. The number of nitrogens with zero attached hydrogens (tertiary/aromatic N) is 2. The Hall–Kier alpha value is -3.85. The summed E-state index contributed by atoms with van der Waals surface area (Å²) in [5.74, 6) is 0.615. The standard InChI is InChI=1S/C24H25N3O5S/c1-31-22-11-7-10-20(23(22)32-2)16-25-26-24(28)19-12-14-21(15-13-19)27(33(3,29)30)17-18-8-5-4-6-9-18/h4-16H,17H2,1-3H3,(H,26,28)/b25-16+. The molecule has 9 heteroatoms. The molecular formula is C24H25N3O5S. The molecule has 3 rings (SSSR count). The summed E-state index contributed by atoms with van der Waals surface area (Å²) in [6, 6.07) is 20.9. The SMILES string of the molecule is COc1cccc(/C=N/NC(=O)c2ccc(N(Cc3ccccc3)S(C)(=O)=O)cc2)c1OC. The number of hydrogen-bond acceptors (Lipinski definition) is 6. The van der Waals surface area contributed by atoms with Crippen molar-refractivity contribution in [2.75, 3.05) is 24.8 Å². The number of benzene rings is 3. The van der Waals surface area contributed by atoms with Crippen LogP contribution in [0.15, 0.2) is 77.9 Å². The number of carbonyl (C=O) groups excluding carboxylic acids is 1. The van der Waals surface area contributed by atoms with Crippen molar-refractivity contribution < 1.29 is 22.7 Å². The molecule has 0 aliphatic carbocycles. The average molecular weight is 468 g/mol. The van der Waals surface area contributed by atoms with E-state index in [4.69, 9.17) is 9.47 Å². The fourth-order valence-corrected chi connectivity index (χ4v) is 4.06. The number of rotatable bonds is 9. The van der Waals surface area contributed by atoms with Crippen molar-refractivity contribution in [3.05, 3.63) is 89.5 Å². The van der Waals surface area contributed by atoms with Crippen molar-refractivity contribution in [3.8, 4) is 11.5 Å². The molecule has 8 nitrogen and oxygen atoms in total. The molecule has 0 aromatic heterocycles. The van der Waals surface area contributed by atoms with Crippen LogP contribution in [-0.2, 0) is 16.6 Å². The molecular weight excluding hydrogens is 442 g/mol. The molecule has 0 radical (unpaired) electrons. The summed E-state index contributed by atoms with van der Waals surface area (Å²) in [6.45, 7) is 0.192. The fraction of sp³-hybridized carbons (Fsp3) is 0.167. The summed E-state index contributed by atoms with van der Waals surface area (Å²) in [5, 5.41) is 3.99. The highest BCUT2D eigenvalue weighted by atomic mass is 32.2. The zero-order chi connectivity index (χ0) is 23.8. The first-order chi connectivity index (χ1) is 15.8. The van der Waals surface area contributed by atoms with E-state index in [1.807, 2.05) is 30.3 Å². The molecule has 3 aromatic carbocycles. The van der Waals surface area contributed by atoms with E-state index in [1.54, 1.807) is 42.5 Å². The molecule has 0 saturated carbocycles. The highest BCUT2D eigenvalue weighted by Crippen LogP contribution is 2.29. The molecule has 3 aromatic rings. The van der Waals surface area contributed by atoms with Crippen molar-refractivity contribution in [3.63, 3.8) is 0 Å². The molecule has 0 bridgehead atoms. The normalized spacial score (nSPS) is 11.2. The lowest BCUT2D eigenvalue weighted by atomic mass is 10.2. The highest BCUT2D eigenvalue weighted by molar-refractivity contribution is 7.92. The van der Waals surface area contributed by atoms with Crippen molar-refractivity contribution >= 4 is 27.8 Å². The fourth-order valence-electron chi connectivity index (χ4n) is 3.17.